The number of rotatable bonds is 2. The van der Waals surface area contributed by atoms with Crippen LogP contribution in [0.2, 0.25) is 0 Å². The smallest absolute Gasteiger partial charge is 0.275 e. The van der Waals surface area contributed by atoms with Gasteiger partial charge in [0.05, 0.1) is 6.26 Å². The molecule has 2 aromatic heterocycles. The van der Waals surface area contributed by atoms with Gasteiger partial charge < -0.3 is 9.73 Å². The Kier molecular flexibility index (Phi) is 2.49. The first-order valence-corrected chi connectivity index (χ1v) is 5.39. The van der Waals surface area contributed by atoms with Gasteiger partial charge in [0.15, 0.2) is 5.84 Å². The third-order valence-electron chi connectivity index (χ3n) is 2.43. The molecule has 1 amide bonds. The van der Waals surface area contributed by atoms with Crippen molar-refractivity contribution in [3.63, 3.8) is 0 Å². The second-order valence-electron chi connectivity index (χ2n) is 3.67. The first-order chi connectivity index (χ1) is 8.83. The molecule has 18 heavy (non-hydrogen) atoms. The van der Waals surface area contributed by atoms with Crippen LogP contribution in [0.4, 0.5) is 0 Å². The van der Waals surface area contributed by atoms with Crippen LogP contribution in [0.15, 0.2) is 57.9 Å². The monoisotopic (exact) mass is 239 g/mol. The van der Waals surface area contributed by atoms with Crippen molar-refractivity contribution in [2.45, 2.75) is 0 Å². The molecule has 88 valence electrons. The number of furan rings is 1. The van der Waals surface area contributed by atoms with Gasteiger partial charge in [-0.05, 0) is 24.3 Å². The Morgan fingerprint density at radius 2 is 2.17 bits per heavy atom. The quantitative estimate of drug-likeness (QED) is 0.809. The van der Waals surface area contributed by atoms with Crippen LogP contribution >= 0.6 is 0 Å². The first kappa shape index (κ1) is 10.5. The fourth-order valence-electron chi connectivity index (χ4n) is 1.60. The molecule has 3 rings (SSSR count). The zero-order valence-electron chi connectivity index (χ0n) is 9.33. The Morgan fingerprint density at radius 1 is 1.22 bits per heavy atom. The molecular weight excluding hydrogens is 230 g/mol. The van der Waals surface area contributed by atoms with Gasteiger partial charge in [-0.3, -0.25) is 9.78 Å². The van der Waals surface area contributed by atoms with Crippen molar-refractivity contribution in [2.75, 3.05) is 0 Å². The maximum atomic E-state index is 11.7. The number of hydrogen-bond acceptors (Lipinski definition) is 4. The minimum Gasteiger partial charge on any atom is -0.465 e. The molecule has 0 aromatic carbocycles. The molecule has 1 aliphatic rings. The summed E-state index contributed by atoms with van der Waals surface area (Å²) in [5, 5.41) is 2.67. The van der Waals surface area contributed by atoms with Gasteiger partial charge in [-0.25, -0.2) is 4.99 Å². The second kappa shape index (κ2) is 4.29. The van der Waals surface area contributed by atoms with E-state index < -0.39 is 0 Å². The molecule has 0 unspecified atom stereocenters. The Balaban J connectivity index is 1.95. The summed E-state index contributed by atoms with van der Waals surface area (Å²) in [7, 11) is 0. The number of amidine groups is 1. The normalized spacial score (nSPS) is 16.8. The van der Waals surface area contributed by atoms with Gasteiger partial charge in [0.25, 0.3) is 5.91 Å². The molecule has 1 aliphatic heterocycles. The van der Waals surface area contributed by atoms with Crippen LogP contribution in [0.25, 0.3) is 6.08 Å². The molecule has 0 aliphatic carbocycles. The van der Waals surface area contributed by atoms with Crippen molar-refractivity contribution in [3.05, 3.63) is 59.9 Å². The van der Waals surface area contributed by atoms with Gasteiger partial charge >= 0.3 is 0 Å². The predicted molar refractivity (Wildman–Crippen MR) is 65.6 cm³/mol. The lowest BCUT2D eigenvalue weighted by molar-refractivity contribution is -0.115. The molecule has 3 heterocycles. The highest BCUT2D eigenvalue weighted by Gasteiger charge is 2.21. The van der Waals surface area contributed by atoms with E-state index in [0.717, 1.165) is 0 Å². The van der Waals surface area contributed by atoms with Gasteiger partial charge in [0.2, 0.25) is 0 Å². The predicted octanol–water partition coefficient (Wildman–Crippen LogP) is 1.59. The van der Waals surface area contributed by atoms with Gasteiger partial charge in [-0.2, -0.15) is 0 Å². The molecule has 5 nitrogen and oxygen atoms in total. The number of nitrogens with one attached hydrogen (secondary N) is 1. The summed E-state index contributed by atoms with van der Waals surface area (Å²) in [5.41, 5.74) is 0.944. The lowest BCUT2D eigenvalue weighted by atomic mass is 10.3. The van der Waals surface area contributed by atoms with E-state index in [1.807, 2.05) is 6.07 Å². The van der Waals surface area contributed by atoms with E-state index in [2.05, 4.69) is 15.3 Å². The molecule has 1 N–H and O–H groups in total. The molecule has 0 saturated heterocycles. The fraction of sp³-hybridized carbons (Fsp3) is 0. The van der Waals surface area contributed by atoms with Crippen LogP contribution in [0.5, 0.6) is 0 Å². The topological polar surface area (TPSA) is 67.5 Å². The van der Waals surface area contributed by atoms with E-state index >= 15 is 0 Å². The third-order valence-corrected chi connectivity index (χ3v) is 2.43. The molecular formula is C13H9N3O2. The second-order valence-corrected chi connectivity index (χ2v) is 3.67. The number of amides is 1. The van der Waals surface area contributed by atoms with E-state index in [0.29, 0.717) is 23.0 Å². The molecule has 0 fully saturated rings. The summed E-state index contributed by atoms with van der Waals surface area (Å²) >= 11 is 0. The zero-order valence-corrected chi connectivity index (χ0v) is 9.33. The Labute approximate surface area is 103 Å². The van der Waals surface area contributed by atoms with Crippen molar-refractivity contribution in [1.29, 1.82) is 0 Å². The maximum absolute atomic E-state index is 11.7. The fourth-order valence-corrected chi connectivity index (χ4v) is 1.60. The summed E-state index contributed by atoms with van der Waals surface area (Å²) in [6.45, 7) is 0. The number of aliphatic imine (C=N–C) groups is 1. The number of nitrogens with zero attached hydrogens (tertiary/aromatic N) is 2. The maximum Gasteiger partial charge on any atom is 0.275 e. The lowest BCUT2D eigenvalue weighted by Crippen LogP contribution is -2.25. The summed E-state index contributed by atoms with van der Waals surface area (Å²) < 4.78 is 5.14. The lowest BCUT2D eigenvalue weighted by Gasteiger charge is -1.97. The molecule has 2 aromatic rings. The first-order valence-electron chi connectivity index (χ1n) is 5.39. The minimum atomic E-state index is -0.257. The standard InChI is InChI=1S/C13H9N3O2/c17-13-11(8-9-4-3-7-18-9)15-12(16-13)10-5-1-2-6-14-10/h1-8H,(H,15,16,17)/b11-8+. The molecule has 0 spiro atoms. The molecule has 5 heteroatoms. The van der Waals surface area contributed by atoms with Gasteiger partial charge in [-0.15, -0.1) is 0 Å². The van der Waals surface area contributed by atoms with Crippen molar-refractivity contribution in [3.8, 4) is 0 Å². The van der Waals surface area contributed by atoms with Crippen molar-refractivity contribution < 1.29 is 9.21 Å². The Hall–Kier alpha value is -2.69. The SMILES string of the molecule is O=C1NC(c2ccccn2)=N/C1=C/c1ccco1. The van der Waals surface area contributed by atoms with E-state index in [1.54, 1.807) is 42.8 Å². The Bertz CT molecular complexity index is 628. The van der Waals surface area contributed by atoms with E-state index in [1.165, 1.54) is 0 Å². The highest BCUT2D eigenvalue weighted by Crippen LogP contribution is 2.14. The van der Waals surface area contributed by atoms with Crippen LogP contribution in [0, 0.1) is 0 Å². The average Bonchev–Trinajstić information content (AvgIpc) is 3.02. The van der Waals surface area contributed by atoms with Gasteiger partial charge in [-0.1, -0.05) is 6.07 Å². The van der Waals surface area contributed by atoms with Crippen LogP contribution in [-0.4, -0.2) is 16.7 Å². The molecule has 0 atom stereocenters. The number of hydrogen-bond donors (Lipinski definition) is 1. The van der Waals surface area contributed by atoms with E-state index in [4.69, 9.17) is 4.42 Å². The minimum absolute atomic E-state index is 0.257. The van der Waals surface area contributed by atoms with Crippen LogP contribution in [-0.2, 0) is 4.79 Å². The van der Waals surface area contributed by atoms with Crippen LogP contribution in [0.3, 0.4) is 0 Å². The van der Waals surface area contributed by atoms with Gasteiger partial charge in [0, 0.05) is 12.3 Å². The number of aromatic nitrogens is 1. The van der Waals surface area contributed by atoms with Crippen LogP contribution in [0.1, 0.15) is 11.5 Å². The zero-order chi connectivity index (χ0) is 12.4. The third kappa shape index (κ3) is 1.93. The summed E-state index contributed by atoms with van der Waals surface area (Å²) in [6, 6.07) is 8.94. The van der Waals surface area contributed by atoms with Crippen molar-refractivity contribution in [1.82, 2.24) is 10.3 Å². The van der Waals surface area contributed by atoms with E-state index in [-0.39, 0.29) is 5.91 Å². The summed E-state index contributed by atoms with van der Waals surface area (Å²) in [4.78, 5) is 20.1. The van der Waals surface area contributed by atoms with E-state index in [9.17, 15) is 4.79 Å². The molecule has 0 radical (unpaired) electrons. The largest absolute Gasteiger partial charge is 0.465 e. The van der Waals surface area contributed by atoms with Crippen LogP contribution < -0.4 is 5.32 Å². The average molecular weight is 239 g/mol. The summed E-state index contributed by atoms with van der Waals surface area (Å²) in [6.07, 6.45) is 4.78. The summed E-state index contributed by atoms with van der Waals surface area (Å²) in [5.74, 6) is 0.789. The van der Waals surface area contributed by atoms with Gasteiger partial charge in [0.1, 0.15) is 17.2 Å². The number of carbonyl (C=O) groups is 1. The highest BCUT2D eigenvalue weighted by atomic mass is 16.3. The number of carbonyl (C=O) groups excluding carboxylic acids is 1. The van der Waals surface area contributed by atoms with Crippen molar-refractivity contribution in [2.24, 2.45) is 4.99 Å². The molecule has 0 bridgehead atoms. The highest BCUT2D eigenvalue weighted by molar-refractivity contribution is 6.19. The molecule has 0 saturated carbocycles. The van der Waals surface area contributed by atoms with Crippen molar-refractivity contribution >= 4 is 17.8 Å². The Morgan fingerprint density at radius 3 is 2.89 bits per heavy atom. The number of pyridine rings is 1.